The second-order valence-electron chi connectivity index (χ2n) is 4.22. The highest BCUT2D eigenvalue weighted by Crippen LogP contribution is 2.21. The zero-order valence-corrected chi connectivity index (χ0v) is 9.53. The summed E-state index contributed by atoms with van der Waals surface area (Å²) in [5.74, 6) is -0.703. The smallest absolute Gasteiger partial charge is 0.256 e. The minimum atomic E-state index is -1.13. The number of hydrazine groups is 1. The Morgan fingerprint density at radius 2 is 1.71 bits per heavy atom. The monoisotopic (exact) mass is 234 g/mol. The predicted octanol–water partition coefficient (Wildman–Crippen LogP) is 0.370. The number of nitrogens with one attached hydrogen (secondary N) is 2. The molecule has 1 heterocycles. The van der Waals surface area contributed by atoms with Crippen LogP contribution >= 0.6 is 0 Å². The van der Waals surface area contributed by atoms with E-state index in [1.807, 2.05) is 30.3 Å². The van der Waals surface area contributed by atoms with E-state index in [-0.39, 0.29) is 18.4 Å². The van der Waals surface area contributed by atoms with Crippen LogP contribution in [-0.2, 0) is 20.9 Å². The standard InChI is InChI=1S/C12H14N2O3/c1-12(10(15)13-14-11(12)16)8-17-7-9-5-3-2-4-6-9/h2-6H,7-8H2,1H3,(H,13,15)(H,14,16). The van der Waals surface area contributed by atoms with Crippen molar-refractivity contribution < 1.29 is 14.3 Å². The van der Waals surface area contributed by atoms with Gasteiger partial charge in [0.05, 0.1) is 13.2 Å². The van der Waals surface area contributed by atoms with E-state index in [2.05, 4.69) is 10.9 Å². The number of amides is 2. The largest absolute Gasteiger partial charge is 0.375 e. The second kappa shape index (κ2) is 4.55. The van der Waals surface area contributed by atoms with E-state index in [4.69, 9.17) is 4.74 Å². The molecule has 1 fully saturated rings. The maximum absolute atomic E-state index is 11.5. The summed E-state index contributed by atoms with van der Waals surface area (Å²) in [7, 11) is 0. The molecule has 17 heavy (non-hydrogen) atoms. The number of hydrogen-bond donors (Lipinski definition) is 2. The van der Waals surface area contributed by atoms with Gasteiger partial charge in [-0.3, -0.25) is 20.4 Å². The van der Waals surface area contributed by atoms with Gasteiger partial charge in [0.15, 0.2) is 5.41 Å². The molecule has 0 spiro atoms. The minimum absolute atomic E-state index is 0.0690. The fourth-order valence-electron chi connectivity index (χ4n) is 1.57. The van der Waals surface area contributed by atoms with Crippen LogP contribution in [0.5, 0.6) is 0 Å². The van der Waals surface area contributed by atoms with E-state index in [0.29, 0.717) is 6.61 Å². The van der Waals surface area contributed by atoms with Crippen molar-refractivity contribution in [2.45, 2.75) is 13.5 Å². The quantitative estimate of drug-likeness (QED) is 0.740. The molecule has 2 N–H and O–H groups in total. The van der Waals surface area contributed by atoms with E-state index >= 15 is 0 Å². The maximum atomic E-state index is 11.5. The van der Waals surface area contributed by atoms with Gasteiger partial charge in [-0.2, -0.15) is 0 Å². The molecular formula is C12H14N2O3. The summed E-state index contributed by atoms with van der Waals surface area (Å²) >= 11 is 0. The number of ether oxygens (including phenoxy) is 1. The molecular weight excluding hydrogens is 220 g/mol. The first kappa shape index (κ1) is 11.6. The van der Waals surface area contributed by atoms with Gasteiger partial charge < -0.3 is 4.74 Å². The van der Waals surface area contributed by atoms with Gasteiger partial charge in [0, 0.05) is 0 Å². The molecule has 1 aromatic carbocycles. The summed E-state index contributed by atoms with van der Waals surface area (Å²) in [6.07, 6.45) is 0. The highest BCUT2D eigenvalue weighted by molar-refractivity contribution is 6.09. The van der Waals surface area contributed by atoms with Gasteiger partial charge in [0.1, 0.15) is 0 Å². The van der Waals surface area contributed by atoms with E-state index in [1.54, 1.807) is 6.92 Å². The predicted molar refractivity (Wildman–Crippen MR) is 60.5 cm³/mol. The van der Waals surface area contributed by atoms with Crippen molar-refractivity contribution in [3.8, 4) is 0 Å². The molecule has 5 nitrogen and oxygen atoms in total. The van der Waals surface area contributed by atoms with Gasteiger partial charge in [-0.05, 0) is 12.5 Å². The SMILES string of the molecule is CC1(COCc2ccccc2)C(=O)NNC1=O. The molecule has 2 rings (SSSR count). The average Bonchev–Trinajstić information content (AvgIpc) is 2.59. The Morgan fingerprint density at radius 3 is 2.29 bits per heavy atom. The Balaban J connectivity index is 1.90. The topological polar surface area (TPSA) is 67.4 Å². The molecule has 90 valence electrons. The third-order valence-corrected chi connectivity index (χ3v) is 2.79. The molecule has 0 aliphatic carbocycles. The van der Waals surface area contributed by atoms with Crippen LogP contribution in [0.15, 0.2) is 30.3 Å². The third kappa shape index (κ3) is 2.29. The average molecular weight is 234 g/mol. The number of rotatable bonds is 4. The maximum Gasteiger partial charge on any atom is 0.256 e. The molecule has 0 radical (unpaired) electrons. The van der Waals surface area contributed by atoms with Crippen LogP contribution in [0.2, 0.25) is 0 Å². The molecule has 0 atom stereocenters. The molecule has 0 unspecified atom stereocenters. The molecule has 1 saturated heterocycles. The van der Waals surface area contributed by atoms with Gasteiger partial charge in [-0.1, -0.05) is 30.3 Å². The number of hydrogen-bond acceptors (Lipinski definition) is 3. The van der Waals surface area contributed by atoms with Gasteiger partial charge >= 0.3 is 0 Å². The number of carbonyl (C=O) groups excluding carboxylic acids is 2. The molecule has 0 saturated carbocycles. The Morgan fingerprint density at radius 1 is 1.12 bits per heavy atom. The van der Waals surface area contributed by atoms with Crippen molar-refractivity contribution in [1.29, 1.82) is 0 Å². The summed E-state index contributed by atoms with van der Waals surface area (Å²) in [4.78, 5) is 22.9. The Hall–Kier alpha value is -1.88. The highest BCUT2D eigenvalue weighted by Gasteiger charge is 2.46. The highest BCUT2D eigenvalue weighted by atomic mass is 16.5. The lowest BCUT2D eigenvalue weighted by molar-refractivity contribution is -0.139. The van der Waals surface area contributed by atoms with Crippen LogP contribution < -0.4 is 10.9 Å². The molecule has 1 aromatic rings. The Labute approximate surface area is 99.1 Å². The Kier molecular flexibility index (Phi) is 3.10. The van der Waals surface area contributed by atoms with E-state index in [9.17, 15) is 9.59 Å². The van der Waals surface area contributed by atoms with Gasteiger partial charge in [0.2, 0.25) is 0 Å². The van der Waals surface area contributed by atoms with Crippen molar-refractivity contribution in [1.82, 2.24) is 10.9 Å². The van der Waals surface area contributed by atoms with Crippen molar-refractivity contribution >= 4 is 11.8 Å². The van der Waals surface area contributed by atoms with Crippen molar-refractivity contribution in [3.05, 3.63) is 35.9 Å². The lowest BCUT2D eigenvalue weighted by atomic mass is 9.91. The molecule has 1 aliphatic rings. The third-order valence-electron chi connectivity index (χ3n) is 2.79. The van der Waals surface area contributed by atoms with Crippen molar-refractivity contribution in [2.75, 3.05) is 6.61 Å². The van der Waals surface area contributed by atoms with Crippen LogP contribution in [0.3, 0.4) is 0 Å². The first-order valence-corrected chi connectivity index (χ1v) is 5.35. The van der Waals surface area contributed by atoms with E-state index < -0.39 is 5.41 Å². The summed E-state index contributed by atoms with van der Waals surface area (Å²) in [5.41, 5.74) is 4.46. The molecule has 5 heteroatoms. The minimum Gasteiger partial charge on any atom is -0.375 e. The molecule has 1 aliphatic heterocycles. The van der Waals surface area contributed by atoms with Crippen LogP contribution in [0.1, 0.15) is 12.5 Å². The summed E-state index contributed by atoms with van der Waals surface area (Å²) in [6, 6.07) is 9.60. The fraction of sp³-hybridized carbons (Fsp3) is 0.333. The molecule has 0 bridgehead atoms. The number of carbonyl (C=O) groups is 2. The molecule has 0 aromatic heterocycles. The zero-order valence-electron chi connectivity index (χ0n) is 9.53. The van der Waals surface area contributed by atoms with Crippen molar-refractivity contribution in [3.63, 3.8) is 0 Å². The van der Waals surface area contributed by atoms with Crippen LogP contribution in [0.4, 0.5) is 0 Å². The van der Waals surface area contributed by atoms with Crippen LogP contribution in [0.25, 0.3) is 0 Å². The van der Waals surface area contributed by atoms with Gasteiger partial charge in [-0.15, -0.1) is 0 Å². The lowest BCUT2D eigenvalue weighted by Gasteiger charge is -2.16. The zero-order chi connectivity index (χ0) is 12.3. The normalized spacial score (nSPS) is 17.7. The van der Waals surface area contributed by atoms with Gasteiger partial charge in [0.25, 0.3) is 11.8 Å². The van der Waals surface area contributed by atoms with Crippen LogP contribution in [0, 0.1) is 5.41 Å². The number of benzene rings is 1. The fourth-order valence-corrected chi connectivity index (χ4v) is 1.57. The Bertz CT molecular complexity index is 415. The summed E-state index contributed by atoms with van der Waals surface area (Å²) < 4.78 is 5.43. The summed E-state index contributed by atoms with van der Waals surface area (Å²) in [5, 5.41) is 0. The first-order chi connectivity index (χ1) is 8.13. The van der Waals surface area contributed by atoms with Crippen molar-refractivity contribution in [2.24, 2.45) is 5.41 Å². The van der Waals surface area contributed by atoms with Crippen LogP contribution in [-0.4, -0.2) is 18.4 Å². The second-order valence-corrected chi connectivity index (χ2v) is 4.22. The van der Waals surface area contributed by atoms with Gasteiger partial charge in [-0.25, -0.2) is 0 Å². The first-order valence-electron chi connectivity index (χ1n) is 5.35. The summed E-state index contributed by atoms with van der Waals surface area (Å²) in [6.45, 7) is 2.02. The molecule has 2 amide bonds. The van der Waals surface area contributed by atoms with E-state index in [1.165, 1.54) is 0 Å². The van der Waals surface area contributed by atoms with E-state index in [0.717, 1.165) is 5.56 Å². The lowest BCUT2D eigenvalue weighted by Crippen LogP contribution is -2.37.